The lowest BCUT2D eigenvalue weighted by Crippen LogP contribution is -2.45. The lowest BCUT2D eigenvalue weighted by Gasteiger charge is -2.29. The van der Waals surface area contributed by atoms with Gasteiger partial charge >= 0.3 is 12.1 Å². The van der Waals surface area contributed by atoms with Gasteiger partial charge in [-0.2, -0.15) is 0 Å². The number of amides is 1. The molecule has 0 aromatic carbocycles. The van der Waals surface area contributed by atoms with Gasteiger partial charge in [0, 0.05) is 6.54 Å². The molecule has 1 saturated carbocycles. The Bertz CT molecular complexity index is 374. The minimum atomic E-state index is -0.903. The number of hydrogen-bond donors (Lipinski definition) is 1. The smallest absolute Gasteiger partial charge is 0.411 e. The summed E-state index contributed by atoms with van der Waals surface area (Å²) in [5, 5.41) is 9.42. The molecule has 0 bridgehead atoms. The molecule has 1 heterocycles. The Kier molecular flexibility index (Phi) is 3.74. The van der Waals surface area contributed by atoms with Gasteiger partial charge in [0.05, 0.1) is 0 Å². The Morgan fingerprint density at radius 2 is 1.84 bits per heavy atom. The van der Waals surface area contributed by atoms with Crippen LogP contribution < -0.4 is 0 Å². The van der Waals surface area contributed by atoms with Crippen LogP contribution in [0, 0.1) is 11.8 Å². The molecule has 0 radical (unpaired) electrons. The van der Waals surface area contributed by atoms with E-state index < -0.39 is 23.7 Å². The van der Waals surface area contributed by atoms with Crippen molar-refractivity contribution in [2.75, 3.05) is 6.54 Å². The highest BCUT2D eigenvalue weighted by molar-refractivity contribution is 5.81. The molecule has 108 valence electrons. The van der Waals surface area contributed by atoms with E-state index in [4.69, 9.17) is 4.74 Å². The van der Waals surface area contributed by atoms with E-state index in [0.717, 1.165) is 25.7 Å². The standard InChI is InChI=1S/C14H23NO4/c1-14(2,3)19-13(18)15-8-9-6-4-5-7-10(9)11(15)12(16)17/h9-11H,4-8H2,1-3H3,(H,16,17)/t9-,10?,11-/m0/s1. The van der Waals surface area contributed by atoms with Crippen LogP contribution in [-0.4, -0.2) is 40.3 Å². The number of carbonyl (C=O) groups is 2. The van der Waals surface area contributed by atoms with E-state index in [1.165, 1.54) is 4.90 Å². The van der Waals surface area contributed by atoms with Crippen molar-refractivity contribution < 1.29 is 19.4 Å². The maximum atomic E-state index is 12.2. The van der Waals surface area contributed by atoms with Gasteiger partial charge in [-0.25, -0.2) is 9.59 Å². The maximum Gasteiger partial charge on any atom is 0.411 e. The molecule has 1 aliphatic heterocycles. The zero-order valence-electron chi connectivity index (χ0n) is 11.9. The summed E-state index contributed by atoms with van der Waals surface area (Å²) in [6.07, 6.45) is 3.63. The third kappa shape index (κ3) is 3.01. The third-order valence-corrected chi connectivity index (χ3v) is 4.02. The van der Waals surface area contributed by atoms with Crippen molar-refractivity contribution in [3.05, 3.63) is 0 Å². The van der Waals surface area contributed by atoms with E-state index in [-0.39, 0.29) is 5.92 Å². The molecule has 2 aliphatic rings. The molecular weight excluding hydrogens is 246 g/mol. The molecular formula is C14H23NO4. The van der Waals surface area contributed by atoms with Gasteiger partial charge < -0.3 is 9.84 Å². The molecule has 1 saturated heterocycles. The Labute approximate surface area is 113 Å². The first kappa shape index (κ1) is 14.2. The second kappa shape index (κ2) is 5.02. The van der Waals surface area contributed by atoms with Gasteiger partial charge in [-0.05, 0) is 45.4 Å². The van der Waals surface area contributed by atoms with Crippen LogP contribution >= 0.6 is 0 Å². The largest absolute Gasteiger partial charge is 0.480 e. The molecule has 1 amide bonds. The lowest BCUT2D eigenvalue weighted by molar-refractivity contribution is -0.143. The molecule has 2 rings (SSSR count). The number of carboxylic acids is 1. The predicted molar refractivity (Wildman–Crippen MR) is 69.8 cm³/mol. The van der Waals surface area contributed by atoms with Gasteiger partial charge in [0.1, 0.15) is 11.6 Å². The Hall–Kier alpha value is -1.26. The number of nitrogens with zero attached hydrogens (tertiary/aromatic N) is 1. The number of carboxylic acid groups (broad SMARTS) is 1. The summed E-state index contributed by atoms with van der Waals surface area (Å²) in [5.41, 5.74) is -0.589. The average Bonchev–Trinajstić information content (AvgIpc) is 2.65. The molecule has 5 heteroatoms. The fraction of sp³-hybridized carbons (Fsp3) is 0.857. The van der Waals surface area contributed by atoms with Crippen molar-refractivity contribution in [2.45, 2.75) is 58.1 Å². The first-order chi connectivity index (χ1) is 8.79. The summed E-state index contributed by atoms with van der Waals surface area (Å²) in [7, 11) is 0. The number of aliphatic carboxylic acids is 1. The minimum Gasteiger partial charge on any atom is -0.480 e. The van der Waals surface area contributed by atoms with Crippen LogP contribution in [0.1, 0.15) is 46.5 Å². The van der Waals surface area contributed by atoms with Crippen molar-refractivity contribution >= 4 is 12.1 Å². The van der Waals surface area contributed by atoms with Gasteiger partial charge in [0.2, 0.25) is 0 Å². The summed E-state index contributed by atoms with van der Waals surface area (Å²) < 4.78 is 5.33. The number of carbonyl (C=O) groups excluding carboxylic acids is 1. The van der Waals surface area contributed by atoms with Gasteiger partial charge in [-0.1, -0.05) is 12.8 Å². The summed E-state index contributed by atoms with van der Waals surface area (Å²) in [6.45, 7) is 5.91. The highest BCUT2D eigenvalue weighted by atomic mass is 16.6. The highest BCUT2D eigenvalue weighted by Crippen LogP contribution is 2.41. The van der Waals surface area contributed by atoms with Gasteiger partial charge in [-0.3, -0.25) is 4.90 Å². The first-order valence-corrected chi connectivity index (χ1v) is 7.02. The van der Waals surface area contributed by atoms with E-state index in [0.29, 0.717) is 12.5 Å². The molecule has 0 aromatic heterocycles. The minimum absolute atomic E-state index is 0.0961. The Morgan fingerprint density at radius 3 is 2.42 bits per heavy atom. The van der Waals surface area contributed by atoms with Gasteiger partial charge in [0.25, 0.3) is 0 Å². The van der Waals surface area contributed by atoms with E-state index >= 15 is 0 Å². The van der Waals surface area contributed by atoms with Crippen molar-refractivity contribution in [3.8, 4) is 0 Å². The monoisotopic (exact) mass is 269 g/mol. The molecule has 0 spiro atoms. The van der Waals surface area contributed by atoms with Crippen molar-refractivity contribution in [2.24, 2.45) is 11.8 Å². The maximum absolute atomic E-state index is 12.2. The summed E-state index contributed by atoms with van der Waals surface area (Å²) in [5.74, 6) is -0.485. The van der Waals surface area contributed by atoms with Gasteiger partial charge in [0.15, 0.2) is 0 Å². The summed E-state index contributed by atoms with van der Waals surface area (Å²) in [4.78, 5) is 25.1. The van der Waals surface area contributed by atoms with E-state index in [1.54, 1.807) is 20.8 Å². The molecule has 1 aliphatic carbocycles. The molecule has 2 fully saturated rings. The van der Waals surface area contributed by atoms with Crippen LogP contribution in [0.5, 0.6) is 0 Å². The quantitative estimate of drug-likeness (QED) is 0.794. The number of ether oxygens (including phenoxy) is 1. The molecule has 3 atom stereocenters. The summed E-state index contributed by atoms with van der Waals surface area (Å²) >= 11 is 0. The number of rotatable bonds is 1. The second-order valence-electron chi connectivity index (χ2n) is 6.62. The highest BCUT2D eigenvalue weighted by Gasteiger charge is 2.49. The van der Waals surface area contributed by atoms with E-state index in [2.05, 4.69) is 0 Å². The van der Waals surface area contributed by atoms with Crippen molar-refractivity contribution in [3.63, 3.8) is 0 Å². The van der Waals surface area contributed by atoms with Crippen LogP contribution in [-0.2, 0) is 9.53 Å². The topological polar surface area (TPSA) is 66.8 Å². The van der Waals surface area contributed by atoms with E-state index in [9.17, 15) is 14.7 Å². The number of likely N-dealkylation sites (tertiary alicyclic amines) is 1. The molecule has 1 N–H and O–H groups in total. The van der Waals surface area contributed by atoms with Gasteiger partial charge in [-0.15, -0.1) is 0 Å². The lowest BCUT2D eigenvalue weighted by atomic mass is 9.78. The normalized spacial score (nSPS) is 30.9. The van der Waals surface area contributed by atoms with Crippen LogP contribution in [0.15, 0.2) is 0 Å². The van der Waals surface area contributed by atoms with Crippen LogP contribution in [0.4, 0.5) is 4.79 Å². The van der Waals surface area contributed by atoms with Crippen LogP contribution in [0.25, 0.3) is 0 Å². The molecule has 19 heavy (non-hydrogen) atoms. The van der Waals surface area contributed by atoms with Crippen molar-refractivity contribution in [1.82, 2.24) is 4.90 Å². The fourth-order valence-corrected chi connectivity index (χ4v) is 3.30. The third-order valence-electron chi connectivity index (χ3n) is 4.02. The van der Waals surface area contributed by atoms with Crippen LogP contribution in [0.2, 0.25) is 0 Å². The Morgan fingerprint density at radius 1 is 1.21 bits per heavy atom. The number of hydrogen-bond acceptors (Lipinski definition) is 3. The summed E-state index contributed by atoms with van der Waals surface area (Å²) in [6, 6.07) is -0.708. The zero-order chi connectivity index (χ0) is 14.2. The van der Waals surface area contributed by atoms with Crippen molar-refractivity contribution in [1.29, 1.82) is 0 Å². The molecule has 0 aromatic rings. The SMILES string of the molecule is CC(C)(C)OC(=O)N1C[C@@H]2CCCCC2[C@H]1C(=O)O. The average molecular weight is 269 g/mol. The molecule has 1 unspecified atom stereocenters. The second-order valence-corrected chi connectivity index (χ2v) is 6.62. The molecule has 5 nitrogen and oxygen atoms in total. The number of fused-ring (bicyclic) bond motifs is 1. The zero-order valence-corrected chi connectivity index (χ0v) is 11.9. The predicted octanol–water partition coefficient (Wildman–Crippen LogP) is 2.50. The van der Waals surface area contributed by atoms with Crippen LogP contribution in [0.3, 0.4) is 0 Å². The Balaban J connectivity index is 2.14. The fourth-order valence-electron chi connectivity index (χ4n) is 3.30. The van der Waals surface area contributed by atoms with E-state index in [1.807, 2.05) is 0 Å². The first-order valence-electron chi connectivity index (χ1n) is 7.02.